The summed E-state index contributed by atoms with van der Waals surface area (Å²) in [4.78, 5) is 25.1. The molecule has 0 bridgehead atoms. The Kier molecular flexibility index (Phi) is 3.90. The highest BCUT2D eigenvalue weighted by Crippen LogP contribution is 2.31. The molecule has 0 aliphatic carbocycles. The van der Waals surface area contributed by atoms with E-state index in [1.54, 1.807) is 35.2 Å². The third kappa shape index (κ3) is 2.86. The Morgan fingerprint density at radius 3 is 2.80 bits per heavy atom. The lowest BCUT2D eigenvalue weighted by Gasteiger charge is -2.12. The molecule has 0 saturated carbocycles. The Balaban J connectivity index is 1.64. The molecule has 128 valence electrons. The van der Waals surface area contributed by atoms with Gasteiger partial charge in [0.25, 0.3) is 5.91 Å². The molecule has 0 unspecified atom stereocenters. The van der Waals surface area contributed by atoms with Crippen LogP contribution in [0.1, 0.15) is 29.9 Å². The molecule has 2 aromatic heterocycles. The van der Waals surface area contributed by atoms with Gasteiger partial charge < -0.3 is 15.2 Å². The highest BCUT2D eigenvalue weighted by atomic mass is 16.5. The number of carbonyl (C=O) groups is 1. The molecule has 1 aromatic carbocycles. The van der Waals surface area contributed by atoms with Crippen molar-refractivity contribution in [2.24, 2.45) is 0 Å². The molecule has 1 aliphatic rings. The maximum absolute atomic E-state index is 12.3. The number of anilines is 1. The van der Waals surface area contributed by atoms with Crippen LogP contribution in [0.3, 0.4) is 0 Å². The van der Waals surface area contributed by atoms with Gasteiger partial charge in [-0.15, -0.1) is 0 Å². The lowest BCUT2D eigenvalue weighted by atomic mass is 10.2. The number of aromatic nitrogens is 4. The van der Waals surface area contributed by atoms with E-state index in [0.717, 1.165) is 0 Å². The topological polar surface area (TPSA) is 102 Å². The Morgan fingerprint density at radius 2 is 2.08 bits per heavy atom. The first-order valence-corrected chi connectivity index (χ1v) is 8.01. The van der Waals surface area contributed by atoms with Crippen molar-refractivity contribution in [3.8, 4) is 0 Å². The molecule has 4 rings (SSSR count). The van der Waals surface area contributed by atoms with Crippen molar-refractivity contribution >= 4 is 22.9 Å². The monoisotopic (exact) mass is 339 g/mol. The number of benzene rings is 1. The maximum atomic E-state index is 12.3. The van der Waals surface area contributed by atoms with E-state index < -0.39 is 6.10 Å². The minimum absolute atomic E-state index is 0.249. The summed E-state index contributed by atoms with van der Waals surface area (Å²) in [6.45, 7) is 1.82. The van der Waals surface area contributed by atoms with E-state index in [0.29, 0.717) is 29.0 Å². The Labute approximate surface area is 143 Å². The van der Waals surface area contributed by atoms with Crippen molar-refractivity contribution in [2.75, 3.05) is 5.32 Å². The van der Waals surface area contributed by atoms with E-state index in [1.807, 2.05) is 13.0 Å². The van der Waals surface area contributed by atoms with E-state index in [4.69, 9.17) is 4.74 Å². The van der Waals surface area contributed by atoms with Crippen molar-refractivity contribution in [3.05, 3.63) is 48.5 Å². The van der Waals surface area contributed by atoms with E-state index >= 15 is 0 Å². The van der Waals surface area contributed by atoms with Gasteiger partial charge in [-0.25, -0.2) is 15.0 Å². The Morgan fingerprint density at radius 1 is 1.28 bits per heavy atom. The number of aliphatic hydroxyl groups is 1. The molecule has 8 nitrogen and oxygen atoms in total. The van der Waals surface area contributed by atoms with Crippen LogP contribution in [0.2, 0.25) is 0 Å². The maximum Gasteiger partial charge on any atom is 0.256 e. The zero-order valence-electron chi connectivity index (χ0n) is 13.5. The molecule has 1 saturated heterocycles. The van der Waals surface area contributed by atoms with Gasteiger partial charge in [-0.3, -0.25) is 9.36 Å². The second kappa shape index (κ2) is 6.23. The van der Waals surface area contributed by atoms with Crippen molar-refractivity contribution in [3.63, 3.8) is 0 Å². The molecule has 1 fully saturated rings. The molecule has 3 atom stereocenters. The highest BCUT2D eigenvalue weighted by Gasteiger charge is 2.33. The first kappa shape index (κ1) is 15.7. The van der Waals surface area contributed by atoms with Gasteiger partial charge in [0, 0.05) is 12.0 Å². The van der Waals surface area contributed by atoms with Crippen LogP contribution >= 0.6 is 0 Å². The molecule has 3 heterocycles. The van der Waals surface area contributed by atoms with Gasteiger partial charge in [-0.2, -0.15) is 0 Å². The lowest BCUT2D eigenvalue weighted by Crippen LogP contribution is -2.15. The largest absolute Gasteiger partial charge is 0.390 e. The van der Waals surface area contributed by atoms with Crippen LogP contribution in [0.4, 0.5) is 5.82 Å². The number of nitrogens with zero attached hydrogens (tertiary/aromatic N) is 4. The third-order valence-electron chi connectivity index (χ3n) is 4.29. The smallest absolute Gasteiger partial charge is 0.256 e. The number of aliphatic hydroxyl groups excluding tert-OH is 1. The number of fused-ring (bicyclic) bond motifs is 1. The van der Waals surface area contributed by atoms with Gasteiger partial charge >= 0.3 is 0 Å². The van der Waals surface area contributed by atoms with Crippen LogP contribution in [0.5, 0.6) is 0 Å². The Bertz CT molecular complexity index is 901. The van der Waals surface area contributed by atoms with Crippen molar-refractivity contribution < 1.29 is 14.6 Å². The first-order chi connectivity index (χ1) is 12.1. The van der Waals surface area contributed by atoms with Crippen LogP contribution in [0, 0.1) is 0 Å². The van der Waals surface area contributed by atoms with E-state index in [9.17, 15) is 9.90 Å². The second-order valence-electron chi connectivity index (χ2n) is 5.97. The molecule has 2 N–H and O–H groups in total. The average molecular weight is 339 g/mol. The Hall–Kier alpha value is -2.84. The summed E-state index contributed by atoms with van der Waals surface area (Å²) in [5.41, 5.74) is 1.55. The molecule has 0 radical (unpaired) electrons. The van der Waals surface area contributed by atoms with Gasteiger partial charge in [0.05, 0.1) is 18.5 Å². The number of ether oxygens (including phenoxy) is 1. The van der Waals surface area contributed by atoms with Crippen LogP contribution in [0.15, 0.2) is 43.0 Å². The van der Waals surface area contributed by atoms with Crippen molar-refractivity contribution in [2.45, 2.75) is 31.8 Å². The van der Waals surface area contributed by atoms with Crippen molar-refractivity contribution in [1.82, 2.24) is 19.5 Å². The first-order valence-electron chi connectivity index (χ1n) is 8.01. The van der Waals surface area contributed by atoms with E-state index in [1.165, 1.54) is 6.33 Å². The minimum Gasteiger partial charge on any atom is -0.390 e. The number of hydrogen-bond acceptors (Lipinski definition) is 6. The molecule has 1 aliphatic heterocycles. The van der Waals surface area contributed by atoms with Crippen LogP contribution in [-0.2, 0) is 4.74 Å². The fraction of sp³-hybridized carbons (Fsp3) is 0.294. The van der Waals surface area contributed by atoms with Crippen LogP contribution in [-0.4, -0.2) is 42.7 Å². The normalized spacial score (nSPS) is 23.0. The number of nitrogens with one attached hydrogen (secondary N) is 1. The predicted molar refractivity (Wildman–Crippen MR) is 89.9 cm³/mol. The fourth-order valence-corrected chi connectivity index (χ4v) is 2.89. The van der Waals surface area contributed by atoms with Gasteiger partial charge in [0.1, 0.15) is 12.6 Å². The lowest BCUT2D eigenvalue weighted by molar-refractivity contribution is -0.00632. The van der Waals surface area contributed by atoms with E-state index in [2.05, 4.69) is 20.3 Å². The average Bonchev–Trinajstić information content (AvgIpc) is 3.20. The molecule has 8 heteroatoms. The summed E-state index contributed by atoms with van der Waals surface area (Å²) >= 11 is 0. The summed E-state index contributed by atoms with van der Waals surface area (Å²) in [6.07, 6.45) is 2.30. The molecule has 3 aromatic rings. The van der Waals surface area contributed by atoms with Crippen LogP contribution < -0.4 is 5.32 Å². The highest BCUT2D eigenvalue weighted by molar-refractivity contribution is 6.06. The SMILES string of the molecule is C[C@H]1O[C@@H](n2cnc3c(NC(=O)c4ccccc4)ncnc32)C[C@@H]1O. The zero-order chi connectivity index (χ0) is 17.4. The summed E-state index contributed by atoms with van der Waals surface area (Å²) in [6, 6.07) is 8.88. The molecular formula is C17H17N5O3. The number of imidazole rings is 1. The molecule has 1 amide bonds. The second-order valence-corrected chi connectivity index (χ2v) is 5.97. The minimum atomic E-state index is -0.526. The third-order valence-corrected chi connectivity index (χ3v) is 4.29. The molecule has 0 spiro atoms. The number of amides is 1. The van der Waals surface area contributed by atoms with Gasteiger partial charge in [0.2, 0.25) is 0 Å². The van der Waals surface area contributed by atoms with Crippen LogP contribution in [0.25, 0.3) is 11.2 Å². The summed E-state index contributed by atoms with van der Waals surface area (Å²) in [7, 11) is 0. The fourth-order valence-electron chi connectivity index (χ4n) is 2.89. The summed E-state index contributed by atoms with van der Waals surface area (Å²) < 4.78 is 7.49. The predicted octanol–water partition coefficient (Wildman–Crippen LogP) is 1.75. The van der Waals surface area contributed by atoms with Gasteiger partial charge in [-0.05, 0) is 19.1 Å². The molecule has 25 heavy (non-hydrogen) atoms. The van der Waals surface area contributed by atoms with Gasteiger partial charge in [-0.1, -0.05) is 18.2 Å². The van der Waals surface area contributed by atoms with Crippen molar-refractivity contribution in [1.29, 1.82) is 0 Å². The number of rotatable bonds is 3. The number of carbonyl (C=O) groups excluding carboxylic acids is 1. The summed E-state index contributed by atoms with van der Waals surface area (Å²) in [5.74, 6) is 0.0699. The number of hydrogen-bond donors (Lipinski definition) is 2. The quantitative estimate of drug-likeness (QED) is 0.754. The zero-order valence-corrected chi connectivity index (χ0v) is 13.5. The van der Waals surface area contributed by atoms with E-state index in [-0.39, 0.29) is 18.2 Å². The summed E-state index contributed by atoms with van der Waals surface area (Å²) in [5, 5.41) is 12.7. The van der Waals surface area contributed by atoms with Gasteiger partial charge in [0.15, 0.2) is 17.0 Å². The molecular weight excluding hydrogens is 322 g/mol. The standard InChI is InChI=1S/C17H17N5O3/c1-10-12(23)7-13(25-10)22-9-20-14-15(18-8-19-16(14)22)21-17(24)11-5-3-2-4-6-11/h2-6,8-10,12-13,23H,7H2,1H3,(H,18,19,21,24)/t10-,12+,13-/m1/s1.